The summed E-state index contributed by atoms with van der Waals surface area (Å²) < 4.78 is 15.9. The Morgan fingerprint density at radius 3 is 2.25 bits per heavy atom. The van der Waals surface area contributed by atoms with Crippen molar-refractivity contribution in [3.8, 4) is 17.2 Å². The second-order valence-corrected chi connectivity index (χ2v) is 4.19. The molecule has 1 N–H and O–H groups in total. The zero-order valence-corrected chi connectivity index (χ0v) is 12.3. The maximum absolute atomic E-state index is 10.8. The number of aliphatic carboxylic acids is 1. The Kier molecular flexibility index (Phi) is 6.11. The van der Waals surface area contributed by atoms with E-state index in [9.17, 15) is 4.79 Å². The minimum absolute atomic E-state index is 0.0198. The molecule has 0 aromatic heterocycles. The van der Waals surface area contributed by atoms with Gasteiger partial charge in [0.05, 0.1) is 27.9 Å². The Hall–Kier alpha value is -1.95. The molecule has 1 aromatic rings. The predicted octanol–water partition coefficient (Wildman–Crippen LogP) is 1.62. The second kappa shape index (κ2) is 7.59. The third-order valence-electron chi connectivity index (χ3n) is 2.99. The summed E-state index contributed by atoms with van der Waals surface area (Å²) in [6.07, 6.45) is 0. The second-order valence-electron chi connectivity index (χ2n) is 4.19. The van der Waals surface area contributed by atoms with E-state index in [4.69, 9.17) is 19.3 Å². The molecule has 0 aliphatic rings. The molecule has 0 bridgehead atoms. The number of hydrogen-bond donors (Lipinski definition) is 1. The van der Waals surface area contributed by atoms with Crippen LogP contribution in [0.3, 0.4) is 0 Å². The van der Waals surface area contributed by atoms with Crippen LogP contribution in [0.4, 0.5) is 0 Å². The third-order valence-corrected chi connectivity index (χ3v) is 2.99. The van der Waals surface area contributed by atoms with Gasteiger partial charge in [-0.15, -0.1) is 0 Å². The summed E-state index contributed by atoms with van der Waals surface area (Å²) >= 11 is 0. The van der Waals surface area contributed by atoms with Crippen LogP contribution in [0.5, 0.6) is 17.2 Å². The maximum atomic E-state index is 10.8. The number of rotatable bonds is 8. The smallest absolute Gasteiger partial charge is 0.317 e. The van der Waals surface area contributed by atoms with Gasteiger partial charge in [-0.05, 0) is 12.6 Å². The molecule has 0 heterocycles. The van der Waals surface area contributed by atoms with Gasteiger partial charge >= 0.3 is 5.97 Å². The Morgan fingerprint density at radius 1 is 1.15 bits per heavy atom. The van der Waals surface area contributed by atoms with Gasteiger partial charge in [-0.3, -0.25) is 9.69 Å². The molecular formula is C14H21NO5. The minimum Gasteiger partial charge on any atom is -0.493 e. The molecule has 0 aliphatic carbocycles. The van der Waals surface area contributed by atoms with Crippen molar-refractivity contribution < 1.29 is 24.1 Å². The van der Waals surface area contributed by atoms with Crippen molar-refractivity contribution in [2.45, 2.75) is 13.5 Å². The van der Waals surface area contributed by atoms with Crippen molar-refractivity contribution in [2.75, 3.05) is 34.4 Å². The minimum atomic E-state index is -0.855. The summed E-state index contributed by atoms with van der Waals surface area (Å²) in [7, 11) is 4.65. The number of nitrogens with zero attached hydrogens (tertiary/aromatic N) is 1. The lowest BCUT2D eigenvalue weighted by Gasteiger charge is -2.21. The van der Waals surface area contributed by atoms with Crippen LogP contribution in [-0.2, 0) is 11.3 Å². The quantitative estimate of drug-likeness (QED) is 0.782. The molecule has 0 aliphatic heterocycles. The largest absolute Gasteiger partial charge is 0.493 e. The summed E-state index contributed by atoms with van der Waals surface area (Å²) in [5.41, 5.74) is 0.855. The van der Waals surface area contributed by atoms with Crippen molar-refractivity contribution in [3.63, 3.8) is 0 Å². The molecule has 1 aromatic carbocycles. The van der Waals surface area contributed by atoms with Crippen LogP contribution >= 0.6 is 0 Å². The Labute approximate surface area is 118 Å². The van der Waals surface area contributed by atoms with Gasteiger partial charge in [0.15, 0.2) is 11.5 Å². The first-order chi connectivity index (χ1) is 9.57. The Bertz CT molecular complexity index is 461. The first-order valence-electron chi connectivity index (χ1n) is 6.29. The van der Waals surface area contributed by atoms with E-state index in [1.54, 1.807) is 32.3 Å². The van der Waals surface area contributed by atoms with Gasteiger partial charge in [0.2, 0.25) is 5.75 Å². The number of benzene rings is 1. The van der Waals surface area contributed by atoms with Crippen LogP contribution in [0.2, 0.25) is 0 Å². The monoisotopic (exact) mass is 283 g/mol. The molecule has 112 valence electrons. The zero-order valence-electron chi connectivity index (χ0n) is 12.3. The molecule has 0 spiro atoms. The summed E-state index contributed by atoms with van der Waals surface area (Å²) in [4.78, 5) is 12.6. The standard InChI is InChI=1S/C14H21NO5/c1-5-15(9-12(16)17)8-10-6-7-11(18-2)14(20-4)13(10)19-3/h6-7H,5,8-9H2,1-4H3,(H,16,17). The molecule has 0 atom stereocenters. The average molecular weight is 283 g/mol. The molecule has 0 unspecified atom stereocenters. The van der Waals surface area contributed by atoms with E-state index in [1.165, 1.54) is 0 Å². The van der Waals surface area contributed by atoms with Gasteiger partial charge in [-0.25, -0.2) is 0 Å². The number of carboxylic acids is 1. The fraction of sp³-hybridized carbons (Fsp3) is 0.500. The maximum Gasteiger partial charge on any atom is 0.317 e. The van der Waals surface area contributed by atoms with Crippen molar-refractivity contribution in [3.05, 3.63) is 17.7 Å². The van der Waals surface area contributed by atoms with Crippen LogP contribution in [0.25, 0.3) is 0 Å². The Balaban J connectivity index is 3.08. The molecule has 20 heavy (non-hydrogen) atoms. The van der Waals surface area contributed by atoms with Crippen LogP contribution in [-0.4, -0.2) is 50.4 Å². The first-order valence-corrected chi connectivity index (χ1v) is 6.29. The molecule has 6 heteroatoms. The average Bonchev–Trinajstić information content (AvgIpc) is 2.45. The van der Waals surface area contributed by atoms with Gasteiger partial charge in [0.1, 0.15) is 0 Å². The van der Waals surface area contributed by atoms with Crippen molar-refractivity contribution in [1.29, 1.82) is 0 Å². The molecule has 0 amide bonds. The van der Waals surface area contributed by atoms with E-state index < -0.39 is 5.97 Å². The van der Waals surface area contributed by atoms with E-state index in [0.29, 0.717) is 30.3 Å². The van der Waals surface area contributed by atoms with Gasteiger partial charge < -0.3 is 19.3 Å². The van der Waals surface area contributed by atoms with E-state index in [0.717, 1.165) is 5.56 Å². The third kappa shape index (κ3) is 3.77. The molecule has 0 saturated heterocycles. The summed E-state index contributed by atoms with van der Waals surface area (Å²) in [6.45, 7) is 2.99. The number of hydrogen-bond acceptors (Lipinski definition) is 5. The van der Waals surface area contributed by atoms with Gasteiger partial charge in [-0.1, -0.05) is 13.0 Å². The molecule has 6 nitrogen and oxygen atoms in total. The highest BCUT2D eigenvalue weighted by Gasteiger charge is 2.18. The lowest BCUT2D eigenvalue weighted by Crippen LogP contribution is -2.29. The van der Waals surface area contributed by atoms with Gasteiger partial charge in [-0.2, -0.15) is 0 Å². The molecule has 0 saturated carbocycles. The SMILES string of the molecule is CCN(CC(=O)O)Cc1ccc(OC)c(OC)c1OC. The Morgan fingerprint density at radius 2 is 1.80 bits per heavy atom. The van der Waals surface area contributed by atoms with Crippen molar-refractivity contribution in [1.82, 2.24) is 4.90 Å². The number of carboxylic acid groups (broad SMARTS) is 1. The predicted molar refractivity (Wildman–Crippen MR) is 74.7 cm³/mol. The van der Waals surface area contributed by atoms with Crippen LogP contribution in [0, 0.1) is 0 Å². The van der Waals surface area contributed by atoms with Crippen LogP contribution in [0.1, 0.15) is 12.5 Å². The number of carbonyl (C=O) groups is 1. The summed E-state index contributed by atoms with van der Waals surface area (Å²) in [5, 5.41) is 8.88. The normalized spacial score (nSPS) is 10.4. The van der Waals surface area contributed by atoms with Gasteiger partial charge in [0.25, 0.3) is 0 Å². The van der Waals surface area contributed by atoms with E-state index in [2.05, 4.69) is 0 Å². The molecule has 1 rings (SSSR count). The fourth-order valence-corrected chi connectivity index (χ4v) is 2.00. The topological polar surface area (TPSA) is 68.2 Å². The number of methoxy groups -OCH3 is 3. The summed E-state index contributed by atoms with van der Waals surface area (Å²) in [6, 6.07) is 3.63. The zero-order chi connectivity index (χ0) is 15.1. The van der Waals surface area contributed by atoms with E-state index in [-0.39, 0.29) is 6.54 Å². The van der Waals surface area contributed by atoms with Crippen LogP contribution < -0.4 is 14.2 Å². The van der Waals surface area contributed by atoms with Crippen molar-refractivity contribution >= 4 is 5.97 Å². The van der Waals surface area contributed by atoms with Crippen molar-refractivity contribution in [2.24, 2.45) is 0 Å². The number of likely N-dealkylation sites (N-methyl/N-ethyl adjacent to an activating group) is 1. The highest BCUT2D eigenvalue weighted by Crippen LogP contribution is 2.40. The summed E-state index contributed by atoms with van der Waals surface area (Å²) in [5.74, 6) is 0.801. The lowest BCUT2D eigenvalue weighted by atomic mass is 10.1. The first kappa shape index (κ1) is 16.1. The van der Waals surface area contributed by atoms with E-state index in [1.807, 2.05) is 13.0 Å². The van der Waals surface area contributed by atoms with Crippen LogP contribution in [0.15, 0.2) is 12.1 Å². The number of ether oxygens (including phenoxy) is 3. The molecule has 0 radical (unpaired) electrons. The molecule has 0 fully saturated rings. The fourth-order valence-electron chi connectivity index (χ4n) is 2.00. The van der Waals surface area contributed by atoms with Gasteiger partial charge in [0, 0.05) is 12.1 Å². The highest BCUT2D eigenvalue weighted by molar-refractivity contribution is 5.69. The molecular weight excluding hydrogens is 262 g/mol. The van der Waals surface area contributed by atoms with E-state index >= 15 is 0 Å². The highest BCUT2D eigenvalue weighted by atomic mass is 16.5. The lowest BCUT2D eigenvalue weighted by molar-refractivity contribution is -0.138.